The summed E-state index contributed by atoms with van der Waals surface area (Å²) in [5.74, 6) is 0. The van der Waals surface area contributed by atoms with E-state index in [2.05, 4.69) is 13.0 Å². The van der Waals surface area contributed by atoms with Crippen LogP contribution in [0.4, 0.5) is 0 Å². The topological polar surface area (TPSA) is 23.8 Å². The van der Waals surface area contributed by atoms with Crippen LogP contribution in [-0.4, -0.2) is 0 Å². The molecular weight excluding hydrogens is 182 g/mol. The molecule has 0 aliphatic heterocycles. The highest BCUT2D eigenvalue weighted by Gasteiger charge is 2.00. The molecule has 2 heteroatoms. The van der Waals surface area contributed by atoms with E-state index >= 15 is 0 Å². The summed E-state index contributed by atoms with van der Waals surface area (Å²) < 4.78 is 0. The summed E-state index contributed by atoms with van der Waals surface area (Å²) in [4.78, 5) is 0. The number of unbranched alkanes of at least 4 members (excludes halogenated alkanes) is 1. The van der Waals surface area contributed by atoms with Gasteiger partial charge in [0.05, 0.1) is 10.6 Å². The molecule has 0 N–H and O–H groups in total. The van der Waals surface area contributed by atoms with E-state index in [-0.39, 0.29) is 0 Å². The fourth-order valence-corrected chi connectivity index (χ4v) is 1.35. The van der Waals surface area contributed by atoms with Crippen LogP contribution in [-0.2, 0) is 6.42 Å². The van der Waals surface area contributed by atoms with Crippen molar-refractivity contribution in [1.82, 2.24) is 0 Å². The Kier molecular flexibility index (Phi) is 3.79. The number of aryl methyl sites for hydroxylation is 1. The summed E-state index contributed by atoms with van der Waals surface area (Å²) >= 11 is 5.81. The van der Waals surface area contributed by atoms with Gasteiger partial charge in [0.25, 0.3) is 0 Å². The van der Waals surface area contributed by atoms with Crippen molar-refractivity contribution in [1.29, 1.82) is 5.26 Å². The van der Waals surface area contributed by atoms with Gasteiger partial charge in [0.15, 0.2) is 0 Å². The zero-order valence-corrected chi connectivity index (χ0v) is 8.43. The molecule has 0 amide bonds. The van der Waals surface area contributed by atoms with E-state index in [1.807, 2.05) is 12.1 Å². The Morgan fingerprint density at radius 1 is 1.46 bits per heavy atom. The van der Waals surface area contributed by atoms with Crippen molar-refractivity contribution < 1.29 is 0 Å². The number of nitrogens with zero attached hydrogens (tertiary/aromatic N) is 1. The van der Waals surface area contributed by atoms with Crippen LogP contribution in [0.5, 0.6) is 0 Å². The average molecular weight is 194 g/mol. The molecule has 1 aromatic rings. The molecule has 0 spiro atoms. The lowest BCUT2D eigenvalue weighted by molar-refractivity contribution is 0.795. The van der Waals surface area contributed by atoms with Crippen LogP contribution < -0.4 is 0 Å². The molecule has 0 unspecified atom stereocenters. The quantitative estimate of drug-likeness (QED) is 0.720. The Morgan fingerprint density at radius 3 is 2.85 bits per heavy atom. The molecule has 1 rings (SSSR count). The van der Waals surface area contributed by atoms with Gasteiger partial charge in [-0.05, 0) is 30.5 Å². The van der Waals surface area contributed by atoms with Crippen LogP contribution in [0.25, 0.3) is 0 Å². The highest BCUT2D eigenvalue weighted by molar-refractivity contribution is 6.31. The summed E-state index contributed by atoms with van der Waals surface area (Å²) in [6.07, 6.45) is 3.36. The van der Waals surface area contributed by atoms with Crippen molar-refractivity contribution in [2.75, 3.05) is 0 Å². The second-order valence-corrected chi connectivity index (χ2v) is 3.44. The highest BCUT2D eigenvalue weighted by Crippen LogP contribution is 2.17. The first-order valence-electron chi connectivity index (χ1n) is 4.46. The summed E-state index contributed by atoms with van der Waals surface area (Å²) in [6.45, 7) is 2.15. The van der Waals surface area contributed by atoms with Crippen molar-refractivity contribution in [2.24, 2.45) is 0 Å². The van der Waals surface area contributed by atoms with Crippen LogP contribution in [0.3, 0.4) is 0 Å². The van der Waals surface area contributed by atoms with Gasteiger partial charge in [-0.15, -0.1) is 0 Å². The first-order chi connectivity index (χ1) is 6.27. The molecule has 13 heavy (non-hydrogen) atoms. The van der Waals surface area contributed by atoms with E-state index in [4.69, 9.17) is 16.9 Å². The van der Waals surface area contributed by atoms with Gasteiger partial charge in [0.1, 0.15) is 6.07 Å². The molecular formula is C11H12ClN. The summed E-state index contributed by atoms with van der Waals surface area (Å²) in [6, 6.07) is 7.73. The highest BCUT2D eigenvalue weighted by atomic mass is 35.5. The van der Waals surface area contributed by atoms with Crippen LogP contribution in [0, 0.1) is 11.3 Å². The van der Waals surface area contributed by atoms with E-state index in [0.29, 0.717) is 10.6 Å². The molecule has 1 nitrogen and oxygen atoms in total. The Hall–Kier alpha value is -1.00. The summed E-state index contributed by atoms with van der Waals surface area (Å²) in [5, 5.41) is 9.28. The van der Waals surface area contributed by atoms with Crippen molar-refractivity contribution in [2.45, 2.75) is 26.2 Å². The van der Waals surface area contributed by atoms with E-state index in [9.17, 15) is 0 Å². The van der Waals surface area contributed by atoms with Crippen molar-refractivity contribution in [3.05, 3.63) is 34.3 Å². The van der Waals surface area contributed by atoms with E-state index in [0.717, 1.165) is 12.8 Å². The molecule has 0 saturated heterocycles. The molecule has 0 radical (unpaired) electrons. The Bertz CT molecular complexity index is 325. The molecule has 0 fully saturated rings. The predicted molar refractivity (Wildman–Crippen MR) is 54.8 cm³/mol. The van der Waals surface area contributed by atoms with Gasteiger partial charge < -0.3 is 0 Å². The molecule has 0 aliphatic carbocycles. The maximum absolute atomic E-state index is 8.73. The zero-order chi connectivity index (χ0) is 9.68. The third kappa shape index (κ3) is 2.75. The molecule has 68 valence electrons. The lowest BCUT2D eigenvalue weighted by Crippen LogP contribution is -1.86. The van der Waals surface area contributed by atoms with Gasteiger partial charge in [-0.3, -0.25) is 0 Å². The lowest BCUT2D eigenvalue weighted by Gasteiger charge is -2.01. The first kappa shape index (κ1) is 10.1. The summed E-state index contributed by atoms with van der Waals surface area (Å²) in [5.41, 5.74) is 1.78. The minimum Gasteiger partial charge on any atom is -0.192 e. The maximum Gasteiger partial charge on any atom is 0.101 e. The molecule has 0 saturated carbocycles. The van der Waals surface area contributed by atoms with Crippen molar-refractivity contribution in [3.8, 4) is 6.07 Å². The lowest BCUT2D eigenvalue weighted by atomic mass is 10.1. The van der Waals surface area contributed by atoms with E-state index in [1.54, 1.807) is 6.07 Å². The number of benzene rings is 1. The minimum absolute atomic E-state index is 0.544. The van der Waals surface area contributed by atoms with E-state index < -0.39 is 0 Å². The van der Waals surface area contributed by atoms with Crippen molar-refractivity contribution >= 4 is 11.6 Å². The molecule has 1 aromatic carbocycles. The third-order valence-electron chi connectivity index (χ3n) is 1.97. The van der Waals surface area contributed by atoms with Crippen LogP contribution >= 0.6 is 11.6 Å². The molecule has 0 bridgehead atoms. The van der Waals surface area contributed by atoms with Crippen LogP contribution in [0.15, 0.2) is 18.2 Å². The van der Waals surface area contributed by atoms with Gasteiger partial charge in [0.2, 0.25) is 0 Å². The van der Waals surface area contributed by atoms with E-state index in [1.165, 1.54) is 12.0 Å². The smallest absolute Gasteiger partial charge is 0.101 e. The number of nitriles is 1. The first-order valence-corrected chi connectivity index (χ1v) is 4.84. The minimum atomic E-state index is 0.544. The SMILES string of the molecule is CCCCc1ccc(Cl)c(C#N)c1. The van der Waals surface area contributed by atoms with Gasteiger partial charge in [-0.1, -0.05) is 31.0 Å². The van der Waals surface area contributed by atoms with Crippen LogP contribution in [0.2, 0.25) is 5.02 Å². The van der Waals surface area contributed by atoms with Crippen molar-refractivity contribution in [3.63, 3.8) is 0 Å². The third-order valence-corrected chi connectivity index (χ3v) is 2.30. The summed E-state index contributed by atoms with van der Waals surface area (Å²) in [7, 11) is 0. The molecule has 0 heterocycles. The number of hydrogen-bond donors (Lipinski definition) is 0. The molecule has 0 aliphatic rings. The Morgan fingerprint density at radius 2 is 2.23 bits per heavy atom. The molecule has 0 aromatic heterocycles. The standard InChI is InChI=1S/C11H12ClN/c1-2-3-4-9-5-6-11(12)10(7-9)8-13/h5-7H,2-4H2,1H3. The second kappa shape index (κ2) is 4.89. The molecule has 0 atom stereocenters. The number of hydrogen-bond acceptors (Lipinski definition) is 1. The fraction of sp³-hybridized carbons (Fsp3) is 0.364. The number of rotatable bonds is 3. The monoisotopic (exact) mass is 193 g/mol. The normalized spacial score (nSPS) is 9.62. The van der Waals surface area contributed by atoms with Gasteiger partial charge in [-0.2, -0.15) is 5.26 Å². The largest absolute Gasteiger partial charge is 0.192 e. The van der Waals surface area contributed by atoms with Crippen LogP contribution in [0.1, 0.15) is 30.9 Å². The fourth-order valence-electron chi connectivity index (χ4n) is 1.19. The average Bonchev–Trinajstić information content (AvgIpc) is 2.16. The Labute approximate surface area is 84.0 Å². The second-order valence-electron chi connectivity index (χ2n) is 3.03. The van der Waals surface area contributed by atoms with Gasteiger partial charge in [-0.25, -0.2) is 0 Å². The Balaban J connectivity index is 2.82. The van der Waals surface area contributed by atoms with Gasteiger partial charge >= 0.3 is 0 Å². The number of halogens is 1. The predicted octanol–water partition coefficient (Wildman–Crippen LogP) is 3.55. The van der Waals surface area contributed by atoms with Gasteiger partial charge in [0, 0.05) is 0 Å². The zero-order valence-electron chi connectivity index (χ0n) is 7.68. The maximum atomic E-state index is 8.73.